The lowest BCUT2D eigenvalue weighted by atomic mass is 9.92. The monoisotopic (exact) mass is 393 g/mol. The van der Waals surface area contributed by atoms with E-state index < -0.39 is 0 Å². The van der Waals surface area contributed by atoms with Crippen molar-refractivity contribution in [3.8, 4) is 0 Å². The van der Waals surface area contributed by atoms with Gasteiger partial charge in [-0.05, 0) is 49.1 Å². The second-order valence-electron chi connectivity index (χ2n) is 6.30. The number of hydrogen-bond acceptors (Lipinski definition) is 2. The number of likely N-dealkylation sites (tertiary alicyclic amines) is 1. The van der Waals surface area contributed by atoms with Crippen LogP contribution in [-0.2, 0) is 4.79 Å². The second kappa shape index (κ2) is 10.6. The van der Waals surface area contributed by atoms with Gasteiger partial charge in [0.2, 0.25) is 5.91 Å². The summed E-state index contributed by atoms with van der Waals surface area (Å²) in [5.74, 6) is 0.145. The van der Waals surface area contributed by atoms with Gasteiger partial charge in [0.05, 0.1) is 18.7 Å². The Morgan fingerprint density at radius 3 is 2.19 bits per heavy atom. The van der Waals surface area contributed by atoms with E-state index >= 15 is 0 Å². The number of rotatable bonds is 4. The number of aliphatic hydroxyl groups is 1. The molecule has 2 aromatic carbocycles. The molecular weight excluding hydrogens is 369 g/mol. The van der Waals surface area contributed by atoms with Crippen LogP contribution in [0.2, 0.25) is 10.0 Å². The molecule has 1 N–H and O–H groups in total. The summed E-state index contributed by atoms with van der Waals surface area (Å²) >= 11 is 11.5. The van der Waals surface area contributed by atoms with Crippen LogP contribution >= 0.6 is 23.2 Å². The summed E-state index contributed by atoms with van der Waals surface area (Å²) in [6.07, 6.45) is 3.21. The highest BCUT2D eigenvalue weighted by Crippen LogP contribution is 2.34. The summed E-state index contributed by atoms with van der Waals surface area (Å²) in [5.41, 5.74) is 1.10. The lowest BCUT2D eigenvalue weighted by Crippen LogP contribution is -2.46. The van der Waals surface area contributed by atoms with E-state index in [-0.39, 0.29) is 24.6 Å². The van der Waals surface area contributed by atoms with Crippen LogP contribution in [0.5, 0.6) is 0 Å². The maximum Gasteiger partial charge on any atom is 0.223 e. The molecule has 3 nitrogen and oxygen atoms in total. The van der Waals surface area contributed by atoms with Crippen LogP contribution in [0.25, 0.3) is 0 Å². The smallest absolute Gasteiger partial charge is 0.223 e. The molecule has 0 aliphatic carbocycles. The first-order valence-electron chi connectivity index (χ1n) is 8.94. The van der Waals surface area contributed by atoms with E-state index in [2.05, 4.69) is 0 Å². The fourth-order valence-electron chi connectivity index (χ4n) is 3.19. The van der Waals surface area contributed by atoms with E-state index in [0.29, 0.717) is 11.4 Å². The first-order valence-corrected chi connectivity index (χ1v) is 9.70. The molecule has 26 heavy (non-hydrogen) atoms. The van der Waals surface area contributed by atoms with Crippen LogP contribution in [0, 0.1) is 0 Å². The van der Waals surface area contributed by atoms with Gasteiger partial charge in [0.1, 0.15) is 0 Å². The molecule has 5 heteroatoms. The molecular formula is C21H25Cl2NO2. The Bertz CT molecular complexity index is 672. The van der Waals surface area contributed by atoms with E-state index in [4.69, 9.17) is 23.2 Å². The number of aliphatic hydroxyl groups excluding tert-OH is 1. The Kier molecular flexibility index (Phi) is 8.43. The molecule has 1 aliphatic rings. The number of halogens is 2. The molecule has 0 aromatic heterocycles. The fraction of sp³-hybridized carbons (Fsp3) is 0.381. The van der Waals surface area contributed by atoms with Gasteiger partial charge in [-0.1, -0.05) is 60.5 Å². The molecule has 0 bridgehead atoms. The molecule has 1 saturated heterocycles. The van der Waals surface area contributed by atoms with E-state index in [1.807, 2.05) is 66.4 Å². The summed E-state index contributed by atoms with van der Waals surface area (Å²) in [7, 11) is 0. The van der Waals surface area contributed by atoms with Crippen LogP contribution < -0.4 is 0 Å². The van der Waals surface area contributed by atoms with Crippen LogP contribution in [-0.4, -0.2) is 28.6 Å². The molecule has 3 rings (SSSR count). The van der Waals surface area contributed by atoms with E-state index in [1.165, 1.54) is 0 Å². The Morgan fingerprint density at radius 1 is 1.08 bits per heavy atom. The normalized spacial score (nSPS) is 18.1. The van der Waals surface area contributed by atoms with Gasteiger partial charge in [-0.15, -0.1) is 0 Å². The Morgan fingerprint density at radius 2 is 1.69 bits per heavy atom. The zero-order chi connectivity index (χ0) is 18.9. The number of benzene rings is 2. The van der Waals surface area contributed by atoms with Gasteiger partial charge < -0.3 is 10.0 Å². The van der Waals surface area contributed by atoms with Crippen molar-refractivity contribution >= 4 is 29.1 Å². The molecule has 1 amide bonds. The third-order valence-electron chi connectivity index (χ3n) is 4.56. The molecule has 0 unspecified atom stereocenters. The first-order chi connectivity index (χ1) is 12.6. The number of carbonyl (C=O) groups excluding carboxylic acids is 1. The van der Waals surface area contributed by atoms with E-state index in [0.717, 1.165) is 29.8 Å². The van der Waals surface area contributed by atoms with E-state index in [1.54, 1.807) is 0 Å². The van der Waals surface area contributed by atoms with Gasteiger partial charge in [-0.3, -0.25) is 4.79 Å². The minimum absolute atomic E-state index is 0.0202. The maximum absolute atomic E-state index is 12.2. The van der Waals surface area contributed by atoms with E-state index in [9.17, 15) is 9.90 Å². The topological polar surface area (TPSA) is 40.5 Å². The van der Waals surface area contributed by atoms with Crippen molar-refractivity contribution in [3.63, 3.8) is 0 Å². The average Bonchev–Trinajstić information content (AvgIpc) is 2.66. The largest absolute Gasteiger partial charge is 0.394 e. The average molecular weight is 394 g/mol. The van der Waals surface area contributed by atoms with Crippen molar-refractivity contribution in [1.82, 2.24) is 4.90 Å². The number of amides is 1. The van der Waals surface area contributed by atoms with Crippen molar-refractivity contribution in [1.29, 1.82) is 0 Å². The van der Waals surface area contributed by atoms with Gasteiger partial charge in [0.15, 0.2) is 0 Å². The molecule has 1 aliphatic heterocycles. The summed E-state index contributed by atoms with van der Waals surface area (Å²) < 4.78 is 0. The molecule has 2 atom stereocenters. The standard InChI is InChI=1S/C15H20ClNO2.C6H5Cl/c1-2-13(10-18)17-14(4-3-5-15(17)19)11-6-8-12(16)9-7-11;7-6-4-2-1-3-5-6/h6-9,13-14,18H,2-5,10H2,1H3;1-5H/t13-,14-;/m0./s1. The summed E-state index contributed by atoms with van der Waals surface area (Å²) in [5, 5.41) is 11.0. The lowest BCUT2D eigenvalue weighted by molar-refractivity contribution is -0.141. The predicted molar refractivity (Wildman–Crippen MR) is 108 cm³/mol. The number of piperidine rings is 1. The van der Waals surface area contributed by atoms with Crippen molar-refractivity contribution in [2.45, 2.75) is 44.7 Å². The predicted octanol–water partition coefficient (Wildman–Crippen LogP) is 5.50. The molecule has 140 valence electrons. The van der Waals surface area contributed by atoms with Crippen LogP contribution in [0.4, 0.5) is 0 Å². The molecule has 0 spiro atoms. The number of carbonyl (C=O) groups is 1. The minimum Gasteiger partial charge on any atom is -0.394 e. The Balaban J connectivity index is 0.000000290. The Labute approximate surface area is 165 Å². The molecule has 1 fully saturated rings. The molecule has 2 aromatic rings. The van der Waals surface area contributed by atoms with Crippen LogP contribution in [0.15, 0.2) is 54.6 Å². The zero-order valence-electron chi connectivity index (χ0n) is 14.9. The Hall–Kier alpha value is -1.55. The van der Waals surface area contributed by atoms with Gasteiger partial charge in [0, 0.05) is 16.5 Å². The van der Waals surface area contributed by atoms with Crippen molar-refractivity contribution in [3.05, 3.63) is 70.2 Å². The highest BCUT2D eigenvalue weighted by Gasteiger charge is 2.33. The van der Waals surface area contributed by atoms with Crippen molar-refractivity contribution < 1.29 is 9.90 Å². The third kappa shape index (κ3) is 5.73. The summed E-state index contributed by atoms with van der Waals surface area (Å²) in [4.78, 5) is 14.1. The van der Waals surface area contributed by atoms with Crippen molar-refractivity contribution in [2.75, 3.05) is 6.61 Å². The van der Waals surface area contributed by atoms with Crippen molar-refractivity contribution in [2.24, 2.45) is 0 Å². The highest BCUT2D eigenvalue weighted by molar-refractivity contribution is 6.30. The summed E-state index contributed by atoms with van der Waals surface area (Å²) in [6.45, 7) is 2.02. The molecule has 0 radical (unpaired) electrons. The number of hydrogen-bond donors (Lipinski definition) is 1. The first kappa shape index (κ1) is 20.8. The van der Waals surface area contributed by atoms with Gasteiger partial charge >= 0.3 is 0 Å². The number of nitrogens with zero attached hydrogens (tertiary/aromatic N) is 1. The van der Waals surface area contributed by atoms with Gasteiger partial charge in [0.25, 0.3) is 0 Å². The quantitative estimate of drug-likeness (QED) is 0.744. The van der Waals surface area contributed by atoms with Gasteiger partial charge in [-0.2, -0.15) is 0 Å². The summed E-state index contributed by atoms with van der Waals surface area (Å²) in [6, 6.07) is 17.1. The van der Waals surface area contributed by atoms with Gasteiger partial charge in [-0.25, -0.2) is 0 Å². The second-order valence-corrected chi connectivity index (χ2v) is 7.17. The highest BCUT2D eigenvalue weighted by atomic mass is 35.5. The maximum atomic E-state index is 12.2. The third-order valence-corrected chi connectivity index (χ3v) is 5.06. The molecule has 1 heterocycles. The fourth-order valence-corrected chi connectivity index (χ4v) is 3.46. The zero-order valence-corrected chi connectivity index (χ0v) is 16.5. The van der Waals surface area contributed by atoms with Crippen LogP contribution in [0.3, 0.4) is 0 Å². The molecule has 0 saturated carbocycles. The van der Waals surface area contributed by atoms with Crippen LogP contribution in [0.1, 0.15) is 44.2 Å². The lowest BCUT2D eigenvalue weighted by Gasteiger charge is -2.40. The SMILES string of the molecule is CC[C@@H](CO)N1C(=O)CCC[C@H]1c1ccc(Cl)cc1.Clc1ccccc1. The minimum atomic E-state index is -0.0894.